The number of hydrogen-bond acceptors (Lipinski definition) is 1. The van der Waals surface area contributed by atoms with Crippen LogP contribution in [0.5, 0.6) is 0 Å². The van der Waals surface area contributed by atoms with Crippen molar-refractivity contribution in [2.75, 3.05) is 13.1 Å². The van der Waals surface area contributed by atoms with Gasteiger partial charge in [0.25, 0.3) is 0 Å². The van der Waals surface area contributed by atoms with Gasteiger partial charge in [0, 0.05) is 6.04 Å². The summed E-state index contributed by atoms with van der Waals surface area (Å²) >= 11 is 0. The SMILES string of the molecule is CCCC1CCN1CC. The first-order valence-corrected chi connectivity index (χ1v) is 4.12. The summed E-state index contributed by atoms with van der Waals surface area (Å²) < 4.78 is 0. The molecule has 1 aliphatic rings. The summed E-state index contributed by atoms with van der Waals surface area (Å²) in [5, 5.41) is 0. The maximum atomic E-state index is 2.56. The quantitative estimate of drug-likeness (QED) is 0.559. The van der Waals surface area contributed by atoms with Gasteiger partial charge in [-0.15, -0.1) is 0 Å². The zero-order chi connectivity index (χ0) is 6.69. The minimum Gasteiger partial charge on any atom is -0.301 e. The number of nitrogens with zero attached hydrogens (tertiary/aromatic N) is 1. The van der Waals surface area contributed by atoms with E-state index in [1.54, 1.807) is 0 Å². The van der Waals surface area contributed by atoms with Crippen LogP contribution in [0.4, 0.5) is 0 Å². The fourth-order valence-electron chi connectivity index (χ4n) is 1.57. The van der Waals surface area contributed by atoms with Crippen molar-refractivity contribution in [2.24, 2.45) is 0 Å². The number of rotatable bonds is 3. The number of hydrogen-bond donors (Lipinski definition) is 0. The van der Waals surface area contributed by atoms with E-state index in [1.165, 1.54) is 32.4 Å². The molecule has 1 fully saturated rings. The lowest BCUT2D eigenvalue weighted by Gasteiger charge is -2.40. The van der Waals surface area contributed by atoms with Gasteiger partial charge in [0.15, 0.2) is 0 Å². The fourth-order valence-corrected chi connectivity index (χ4v) is 1.57. The van der Waals surface area contributed by atoms with E-state index in [9.17, 15) is 0 Å². The molecule has 0 spiro atoms. The second-order valence-electron chi connectivity index (χ2n) is 2.86. The van der Waals surface area contributed by atoms with Crippen molar-refractivity contribution < 1.29 is 0 Å². The van der Waals surface area contributed by atoms with Crippen molar-refractivity contribution >= 4 is 0 Å². The smallest absolute Gasteiger partial charge is 0.0107 e. The first kappa shape index (κ1) is 7.07. The van der Waals surface area contributed by atoms with E-state index in [0.29, 0.717) is 0 Å². The Labute approximate surface area is 58.0 Å². The van der Waals surface area contributed by atoms with E-state index in [4.69, 9.17) is 0 Å². The van der Waals surface area contributed by atoms with Crippen molar-refractivity contribution in [3.8, 4) is 0 Å². The largest absolute Gasteiger partial charge is 0.301 e. The highest BCUT2D eigenvalue weighted by Crippen LogP contribution is 2.20. The summed E-state index contributed by atoms with van der Waals surface area (Å²) in [7, 11) is 0. The summed E-state index contributed by atoms with van der Waals surface area (Å²) in [5.74, 6) is 0. The van der Waals surface area contributed by atoms with E-state index in [-0.39, 0.29) is 0 Å². The molecule has 1 heteroatoms. The van der Waals surface area contributed by atoms with Crippen LogP contribution in [0.3, 0.4) is 0 Å². The highest BCUT2D eigenvalue weighted by Gasteiger charge is 2.24. The van der Waals surface area contributed by atoms with E-state index in [1.807, 2.05) is 0 Å². The van der Waals surface area contributed by atoms with E-state index in [0.717, 1.165) is 6.04 Å². The van der Waals surface area contributed by atoms with Gasteiger partial charge in [-0.3, -0.25) is 0 Å². The predicted octanol–water partition coefficient (Wildman–Crippen LogP) is 1.88. The molecule has 0 amide bonds. The zero-order valence-corrected chi connectivity index (χ0v) is 6.56. The number of likely N-dealkylation sites (tertiary alicyclic amines) is 1. The van der Waals surface area contributed by atoms with Crippen LogP contribution in [0.2, 0.25) is 0 Å². The second kappa shape index (κ2) is 3.21. The van der Waals surface area contributed by atoms with Crippen LogP contribution in [-0.2, 0) is 0 Å². The Morgan fingerprint density at radius 1 is 1.44 bits per heavy atom. The highest BCUT2D eigenvalue weighted by molar-refractivity contribution is 4.80. The van der Waals surface area contributed by atoms with Crippen LogP contribution in [-0.4, -0.2) is 24.0 Å². The Kier molecular flexibility index (Phi) is 2.52. The van der Waals surface area contributed by atoms with Crippen LogP contribution in [0, 0.1) is 0 Å². The second-order valence-corrected chi connectivity index (χ2v) is 2.86. The van der Waals surface area contributed by atoms with Gasteiger partial charge in [-0.1, -0.05) is 20.3 Å². The van der Waals surface area contributed by atoms with Crippen molar-refractivity contribution in [2.45, 2.75) is 39.2 Å². The van der Waals surface area contributed by atoms with Gasteiger partial charge in [-0.25, -0.2) is 0 Å². The molecule has 0 aromatic heterocycles. The summed E-state index contributed by atoms with van der Waals surface area (Å²) in [6.07, 6.45) is 4.21. The van der Waals surface area contributed by atoms with Crippen molar-refractivity contribution in [3.63, 3.8) is 0 Å². The van der Waals surface area contributed by atoms with E-state index < -0.39 is 0 Å². The minimum absolute atomic E-state index is 0.944. The van der Waals surface area contributed by atoms with Gasteiger partial charge in [-0.05, 0) is 25.9 Å². The molecule has 1 rings (SSSR count). The third-order valence-electron chi connectivity index (χ3n) is 2.29. The molecule has 0 radical (unpaired) electrons. The third-order valence-corrected chi connectivity index (χ3v) is 2.29. The third kappa shape index (κ3) is 1.45. The summed E-state index contributed by atoms with van der Waals surface area (Å²) in [5.41, 5.74) is 0. The van der Waals surface area contributed by atoms with Crippen LogP contribution >= 0.6 is 0 Å². The first-order valence-electron chi connectivity index (χ1n) is 4.12. The molecule has 1 saturated heterocycles. The van der Waals surface area contributed by atoms with Crippen molar-refractivity contribution in [1.29, 1.82) is 0 Å². The lowest BCUT2D eigenvalue weighted by atomic mass is 9.99. The van der Waals surface area contributed by atoms with E-state index in [2.05, 4.69) is 18.7 Å². The molecule has 9 heavy (non-hydrogen) atoms. The molecule has 0 bridgehead atoms. The average molecular weight is 127 g/mol. The average Bonchev–Trinajstić information content (AvgIpc) is 1.82. The summed E-state index contributed by atoms with van der Waals surface area (Å²) in [6, 6.07) is 0.944. The zero-order valence-electron chi connectivity index (χ0n) is 6.56. The maximum Gasteiger partial charge on any atom is 0.0107 e. The fraction of sp³-hybridized carbons (Fsp3) is 1.00. The van der Waals surface area contributed by atoms with Gasteiger partial charge >= 0.3 is 0 Å². The topological polar surface area (TPSA) is 3.24 Å². The van der Waals surface area contributed by atoms with Gasteiger partial charge < -0.3 is 4.90 Å². The molecular formula is C8H17N. The molecule has 1 nitrogen and oxygen atoms in total. The molecule has 1 atom stereocenters. The van der Waals surface area contributed by atoms with Gasteiger partial charge in [0.1, 0.15) is 0 Å². The molecule has 0 aromatic rings. The molecule has 1 aliphatic heterocycles. The molecular weight excluding hydrogens is 110 g/mol. The predicted molar refractivity (Wildman–Crippen MR) is 40.6 cm³/mol. The molecule has 54 valence electrons. The molecule has 0 aliphatic carbocycles. The van der Waals surface area contributed by atoms with Crippen LogP contribution in [0.15, 0.2) is 0 Å². The molecule has 1 unspecified atom stereocenters. The molecule has 1 heterocycles. The maximum absolute atomic E-state index is 2.56. The highest BCUT2D eigenvalue weighted by atomic mass is 15.2. The standard InChI is InChI=1S/C8H17N/c1-3-5-8-6-7-9(8)4-2/h8H,3-7H2,1-2H3. The lowest BCUT2D eigenvalue weighted by molar-refractivity contribution is 0.0904. The summed E-state index contributed by atoms with van der Waals surface area (Å²) in [6.45, 7) is 7.12. The lowest BCUT2D eigenvalue weighted by Crippen LogP contribution is -2.46. The minimum atomic E-state index is 0.944. The van der Waals surface area contributed by atoms with Gasteiger partial charge in [0.05, 0.1) is 0 Å². The van der Waals surface area contributed by atoms with Crippen LogP contribution in [0.25, 0.3) is 0 Å². The molecule has 0 aromatic carbocycles. The Hall–Kier alpha value is -0.0400. The summed E-state index contributed by atoms with van der Waals surface area (Å²) in [4.78, 5) is 2.56. The van der Waals surface area contributed by atoms with Crippen LogP contribution in [0.1, 0.15) is 33.1 Å². The monoisotopic (exact) mass is 127 g/mol. The van der Waals surface area contributed by atoms with Crippen molar-refractivity contribution in [3.05, 3.63) is 0 Å². The van der Waals surface area contributed by atoms with Gasteiger partial charge in [-0.2, -0.15) is 0 Å². The normalized spacial score (nSPS) is 28.0. The van der Waals surface area contributed by atoms with Crippen molar-refractivity contribution in [1.82, 2.24) is 4.90 Å². The Morgan fingerprint density at radius 2 is 2.22 bits per heavy atom. The molecule has 0 N–H and O–H groups in total. The Balaban J connectivity index is 2.11. The Bertz CT molecular complexity index is 78.6. The Morgan fingerprint density at radius 3 is 2.56 bits per heavy atom. The van der Waals surface area contributed by atoms with Crippen LogP contribution < -0.4 is 0 Å². The molecule has 0 saturated carbocycles. The van der Waals surface area contributed by atoms with E-state index >= 15 is 0 Å². The first-order chi connectivity index (χ1) is 4.38. The van der Waals surface area contributed by atoms with Gasteiger partial charge in [0.2, 0.25) is 0 Å².